The van der Waals surface area contributed by atoms with Gasteiger partial charge in [0.05, 0.1) is 12.5 Å². The van der Waals surface area contributed by atoms with Crippen LogP contribution in [-0.4, -0.2) is 28.3 Å². The second kappa shape index (κ2) is 10.6. The Labute approximate surface area is 198 Å². The second-order valence-electron chi connectivity index (χ2n) is 8.77. The maximum absolute atomic E-state index is 13.6. The van der Waals surface area contributed by atoms with Crippen LogP contribution in [0.3, 0.4) is 0 Å². The Morgan fingerprint density at radius 2 is 2.03 bits per heavy atom. The molecule has 0 unspecified atom stereocenters. The molecule has 6 heteroatoms. The molecule has 1 aromatic heterocycles. The number of aromatic nitrogens is 1. The highest BCUT2D eigenvalue weighted by Gasteiger charge is 2.25. The summed E-state index contributed by atoms with van der Waals surface area (Å²) in [7, 11) is 0. The number of ether oxygens (including phenoxy) is 2. The zero-order chi connectivity index (χ0) is 24.1. The maximum Gasteiger partial charge on any atom is 0.309 e. The van der Waals surface area contributed by atoms with Crippen LogP contribution in [0, 0.1) is 5.82 Å². The van der Waals surface area contributed by atoms with Gasteiger partial charge in [-0.05, 0) is 64.6 Å². The molecule has 2 atom stereocenters. The Kier molecular flexibility index (Phi) is 7.38. The Bertz CT molecular complexity index is 1160. The van der Waals surface area contributed by atoms with Gasteiger partial charge in [-0.1, -0.05) is 38.1 Å². The molecule has 2 aromatic carbocycles. The quantitative estimate of drug-likeness (QED) is 0.459. The highest BCUT2D eigenvalue weighted by Crippen LogP contribution is 2.36. The molecule has 4 rings (SSSR count). The number of hydrogen-bond acceptors (Lipinski definition) is 5. The van der Waals surface area contributed by atoms with Crippen molar-refractivity contribution in [1.29, 1.82) is 0 Å². The van der Waals surface area contributed by atoms with E-state index in [1.807, 2.05) is 36.4 Å². The topological polar surface area (TPSA) is 68.7 Å². The van der Waals surface area contributed by atoms with Crippen molar-refractivity contribution in [3.8, 4) is 16.9 Å². The fourth-order valence-electron chi connectivity index (χ4n) is 4.04. The number of benzene rings is 2. The van der Waals surface area contributed by atoms with Crippen molar-refractivity contribution in [2.45, 2.75) is 51.4 Å². The van der Waals surface area contributed by atoms with Gasteiger partial charge < -0.3 is 14.6 Å². The van der Waals surface area contributed by atoms with E-state index >= 15 is 0 Å². The van der Waals surface area contributed by atoms with E-state index in [0.717, 1.165) is 27.8 Å². The third kappa shape index (κ3) is 5.88. The highest BCUT2D eigenvalue weighted by atomic mass is 19.1. The van der Waals surface area contributed by atoms with Gasteiger partial charge in [0.15, 0.2) is 0 Å². The number of carbonyl (C=O) groups is 1. The third-order valence-corrected chi connectivity index (χ3v) is 5.76. The number of rotatable bonds is 7. The van der Waals surface area contributed by atoms with E-state index in [1.54, 1.807) is 24.5 Å². The molecule has 0 saturated carbocycles. The summed E-state index contributed by atoms with van der Waals surface area (Å²) in [6.07, 6.45) is 6.39. The molecule has 1 fully saturated rings. The first-order chi connectivity index (χ1) is 16.4. The van der Waals surface area contributed by atoms with Gasteiger partial charge in [-0.25, -0.2) is 4.39 Å². The van der Waals surface area contributed by atoms with Gasteiger partial charge in [0.1, 0.15) is 24.3 Å². The van der Waals surface area contributed by atoms with Gasteiger partial charge in [-0.15, -0.1) is 0 Å². The monoisotopic (exact) mass is 461 g/mol. The third-order valence-electron chi connectivity index (χ3n) is 5.76. The van der Waals surface area contributed by atoms with Crippen LogP contribution in [0.5, 0.6) is 5.75 Å². The molecule has 1 aliphatic heterocycles. The van der Waals surface area contributed by atoms with E-state index < -0.39 is 18.2 Å². The highest BCUT2D eigenvalue weighted by molar-refractivity contribution is 5.79. The predicted octanol–water partition coefficient (Wildman–Crippen LogP) is 5.67. The number of cyclic esters (lactones) is 1. The Morgan fingerprint density at radius 3 is 2.71 bits per heavy atom. The van der Waals surface area contributed by atoms with Gasteiger partial charge >= 0.3 is 5.97 Å². The average molecular weight is 462 g/mol. The van der Waals surface area contributed by atoms with Gasteiger partial charge in [0.25, 0.3) is 0 Å². The number of halogens is 1. The summed E-state index contributed by atoms with van der Waals surface area (Å²) in [6.45, 7) is 4.56. The maximum atomic E-state index is 13.6. The number of aliphatic hydroxyl groups excluding tert-OH is 1. The average Bonchev–Trinajstić information content (AvgIpc) is 2.82. The van der Waals surface area contributed by atoms with Crippen molar-refractivity contribution in [2.24, 2.45) is 0 Å². The zero-order valence-corrected chi connectivity index (χ0v) is 19.3. The van der Waals surface area contributed by atoms with Gasteiger partial charge in [-0.2, -0.15) is 0 Å². The summed E-state index contributed by atoms with van der Waals surface area (Å²) in [6, 6.07) is 14.1. The SMILES string of the molecule is CC(C)c1cc(OCc2cccnc2)cc(-c2ccc(F)cc2)c1/C=C/[C@@H]1C[C@@H](O)CC(=O)O1. The Balaban J connectivity index is 1.73. The molecule has 176 valence electrons. The molecule has 34 heavy (non-hydrogen) atoms. The standard InChI is InChI=1S/C28H28FNO4/c1-18(2)26-14-24(33-17-19-4-3-11-30-16-19)15-27(20-5-7-21(29)8-6-20)25(26)10-9-23-12-22(31)13-28(32)34-23/h3-11,14-16,18,22-23,31H,12-13,17H2,1-2H3/b10-9+/t22-,23-/m1/s1. The van der Waals surface area contributed by atoms with Crippen molar-refractivity contribution in [1.82, 2.24) is 4.98 Å². The minimum absolute atomic E-state index is 0.0192. The first-order valence-corrected chi connectivity index (χ1v) is 11.4. The number of aliphatic hydroxyl groups is 1. The van der Waals surface area contributed by atoms with E-state index in [0.29, 0.717) is 18.8 Å². The minimum atomic E-state index is -0.708. The summed E-state index contributed by atoms with van der Waals surface area (Å²) in [4.78, 5) is 15.9. The number of pyridine rings is 1. The van der Waals surface area contributed by atoms with Crippen LogP contribution in [0.1, 0.15) is 49.3 Å². The first kappa shape index (κ1) is 23.6. The number of nitrogens with zero attached hydrogens (tertiary/aromatic N) is 1. The van der Waals surface area contributed by atoms with Crippen molar-refractivity contribution in [2.75, 3.05) is 0 Å². The lowest BCUT2D eigenvalue weighted by molar-refractivity contribution is -0.156. The van der Waals surface area contributed by atoms with Crippen LogP contribution in [-0.2, 0) is 16.1 Å². The van der Waals surface area contributed by atoms with E-state index in [2.05, 4.69) is 18.8 Å². The fraction of sp³-hybridized carbons (Fsp3) is 0.286. The Hall–Kier alpha value is -3.51. The number of hydrogen-bond donors (Lipinski definition) is 1. The van der Waals surface area contributed by atoms with Gasteiger partial charge in [0, 0.05) is 24.4 Å². The molecule has 0 spiro atoms. The Morgan fingerprint density at radius 1 is 1.24 bits per heavy atom. The molecule has 2 heterocycles. The zero-order valence-electron chi connectivity index (χ0n) is 19.3. The summed E-state index contributed by atoms with van der Waals surface area (Å²) < 4.78 is 25.1. The lowest BCUT2D eigenvalue weighted by atomic mass is 9.89. The molecule has 3 aromatic rings. The van der Waals surface area contributed by atoms with E-state index in [1.165, 1.54) is 12.1 Å². The van der Waals surface area contributed by atoms with Crippen LogP contribution < -0.4 is 4.74 Å². The largest absolute Gasteiger partial charge is 0.489 e. The first-order valence-electron chi connectivity index (χ1n) is 11.4. The molecular formula is C28H28FNO4. The van der Waals surface area contributed by atoms with E-state index in [-0.39, 0.29) is 18.2 Å². The molecule has 1 saturated heterocycles. The smallest absolute Gasteiger partial charge is 0.309 e. The molecule has 1 N–H and O–H groups in total. The van der Waals surface area contributed by atoms with Crippen molar-refractivity contribution in [3.63, 3.8) is 0 Å². The number of esters is 1. The number of carbonyl (C=O) groups excluding carboxylic acids is 1. The normalized spacial score (nSPS) is 18.3. The van der Waals surface area contributed by atoms with Gasteiger partial charge in [-0.3, -0.25) is 9.78 Å². The summed E-state index contributed by atoms with van der Waals surface area (Å²) >= 11 is 0. The van der Waals surface area contributed by atoms with Crippen LogP contribution in [0.25, 0.3) is 17.2 Å². The van der Waals surface area contributed by atoms with Crippen molar-refractivity contribution >= 4 is 12.0 Å². The lowest BCUT2D eigenvalue weighted by Gasteiger charge is -2.24. The molecule has 0 bridgehead atoms. The van der Waals surface area contributed by atoms with Crippen molar-refractivity contribution < 1.29 is 23.8 Å². The molecule has 0 radical (unpaired) electrons. The van der Waals surface area contributed by atoms with Gasteiger partial charge in [0.2, 0.25) is 0 Å². The summed E-state index contributed by atoms with van der Waals surface area (Å²) in [5.74, 6) is 0.149. The summed E-state index contributed by atoms with van der Waals surface area (Å²) in [5, 5.41) is 9.95. The fourth-order valence-corrected chi connectivity index (χ4v) is 4.04. The van der Waals surface area contributed by atoms with Crippen LogP contribution in [0.15, 0.2) is 67.0 Å². The second-order valence-corrected chi connectivity index (χ2v) is 8.77. The summed E-state index contributed by atoms with van der Waals surface area (Å²) in [5.41, 5.74) is 4.66. The molecule has 5 nitrogen and oxygen atoms in total. The van der Waals surface area contributed by atoms with E-state index in [9.17, 15) is 14.3 Å². The van der Waals surface area contributed by atoms with Crippen LogP contribution in [0.2, 0.25) is 0 Å². The van der Waals surface area contributed by atoms with Crippen LogP contribution >= 0.6 is 0 Å². The minimum Gasteiger partial charge on any atom is -0.489 e. The molecule has 1 aliphatic rings. The molecular weight excluding hydrogens is 433 g/mol. The van der Waals surface area contributed by atoms with E-state index in [4.69, 9.17) is 9.47 Å². The molecule has 0 amide bonds. The molecule has 0 aliphatic carbocycles. The predicted molar refractivity (Wildman–Crippen MR) is 129 cm³/mol. The van der Waals surface area contributed by atoms with Crippen LogP contribution in [0.4, 0.5) is 4.39 Å². The van der Waals surface area contributed by atoms with Crippen molar-refractivity contribution in [3.05, 3.63) is 89.5 Å². The lowest BCUT2D eigenvalue weighted by Crippen LogP contribution is -2.31.